The number of benzene rings is 2. The van der Waals surface area contributed by atoms with Gasteiger partial charge in [0.1, 0.15) is 29.1 Å². The van der Waals surface area contributed by atoms with Crippen LogP contribution in [0.15, 0.2) is 42.5 Å². The fourth-order valence-corrected chi connectivity index (χ4v) is 4.32. The summed E-state index contributed by atoms with van der Waals surface area (Å²) in [6, 6.07) is 10.1. The minimum atomic E-state index is -1.08. The van der Waals surface area contributed by atoms with E-state index in [0.717, 1.165) is 24.8 Å². The summed E-state index contributed by atoms with van der Waals surface area (Å²) < 4.78 is 22.1. The third-order valence-corrected chi connectivity index (χ3v) is 6.33. The van der Waals surface area contributed by atoms with Gasteiger partial charge in [-0.1, -0.05) is 70.4 Å². The first-order valence-electron chi connectivity index (χ1n) is 14.7. The highest BCUT2D eigenvalue weighted by atomic mass is 16.5. The molecule has 0 saturated heterocycles. The molecular formula is C33H46O7. The van der Waals surface area contributed by atoms with Crippen LogP contribution in [0, 0.1) is 0 Å². The predicted molar refractivity (Wildman–Crippen MR) is 158 cm³/mol. The van der Waals surface area contributed by atoms with Gasteiger partial charge in [-0.3, -0.25) is 9.59 Å². The van der Waals surface area contributed by atoms with Gasteiger partial charge in [0, 0.05) is 36.6 Å². The smallest absolute Gasteiger partial charge is 0.311 e. The van der Waals surface area contributed by atoms with E-state index >= 15 is 0 Å². The number of rotatable bonds is 19. The highest BCUT2D eigenvalue weighted by Crippen LogP contribution is 2.33. The number of hydrogen-bond acceptors (Lipinski definition) is 7. The average molecular weight is 555 g/mol. The van der Waals surface area contributed by atoms with Gasteiger partial charge in [0.2, 0.25) is 0 Å². The van der Waals surface area contributed by atoms with Gasteiger partial charge in [-0.15, -0.1) is 0 Å². The van der Waals surface area contributed by atoms with Gasteiger partial charge in [0.05, 0.1) is 13.2 Å². The van der Waals surface area contributed by atoms with E-state index in [0.29, 0.717) is 36.7 Å². The number of esters is 2. The van der Waals surface area contributed by atoms with Crippen molar-refractivity contribution in [2.45, 2.75) is 98.0 Å². The lowest BCUT2D eigenvalue weighted by Gasteiger charge is -2.14. The lowest BCUT2D eigenvalue weighted by Crippen LogP contribution is -2.10. The molecule has 0 fully saturated rings. The summed E-state index contributed by atoms with van der Waals surface area (Å²) >= 11 is 0. The molecule has 0 bridgehead atoms. The molecule has 0 aliphatic carbocycles. The second-order valence-electron chi connectivity index (χ2n) is 9.72. The molecule has 7 nitrogen and oxygen atoms in total. The van der Waals surface area contributed by atoms with Crippen LogP contribution in [0.3, 0.4) is 0 Å². The van der Waals surface area contributed by atoms with Crippen molar-refractivity contribution in [3.05, 3.63) is 53.6 Å². The van der Waals surface area contributed by atoms with E-state index in [-0.39, 0.29) is 17.5 Å². The summed E-state index contributed by atoms with van der Waals surface area (Å²) in [6.07, 6.45) is 13.1. The second-order valence-corrected chi connectivity index (χ2v) is 9.72. The molecule has 1 atom stereocenters. The van der Waals surface area contributed by atoms with Crippen molar-refractivity contribution in [2.75, 3.05) is 13.2 Å². The van der Waals surface area contributed by atoms with E-state index in [2.05, 4.69) is 6.92 Å². The molecule has 0 spiro atoms. The number of aliphatic hydroxyl groups excluding tert-OH is 1. The molecule has 1 N–H and O–H groups in total. The number of aliphatic hydroxyl groups is 1. The summed E-state index contributed by atoms with van der Waals surface area (Å²) in [5, 5.41) is 10.9. The van der Waals surface area contributed by atoms with E-state index in [1.807, 2.05) is 26.0 Å². The minimum Gasteiger partial charge on any atom is -0.494 e. The molecule has 0 aliphatic heterocycles. The lowest BCUT2D eigenvalue weighted by atomic mass is 10.1. The van der Waals surface area contributed by atoms with Crippen LogP contribution in [0.1, 0.15) is 109 Å². The molecule has 0 aromatic heterocycles. The molecule has 2 rings (SSSR count). The highest BCUT2D eigenvalue weighted by molar-refractivity contribution is 5.73. The Kier molecular flexibility index (Phi) is 15.5. The maximum Gasteiger partial charge on any atom is 0.311 e. The molecule has 40 heavy (non-hydrogen) atoms. The molecule has 0 saturated carbocycles. The largest absolute Gasteiger partial charge is 0.494 e. The first kappa shape index (κ1) is 32.9. The molecule has 2 aromatic carbocycles. The van der Waals surface area contributed by atoms with Crippen LogP contribution in [0.2, 0.25) is 0 Å². The first-order chi connectivity index (χ1) is 19.4. The number of hydrogen-bond donors (Lipinski definition) is 1. The lowest BCUT2D eigenvalue weighted by molar-refractivity contribution is -0.134. The zero-order valence-corrected chi connectivity index (χ0v) is 24.6. The quantitative estimate of drug-likeness (QED) is 0.107. The van der Waals surface area contributed by atoms with Crippen molar-refractivity contribution in [3.63, 3.8) is 0 Å². The van der Waals surface area contributed by atoms with Crippen molar-refractivity contribution in [3.8, 4) is 23.0 Å². The second kappa shape index (κ2) is 18.9. The maximum atomic E-state index is 12.4. The Morgan fingerprint density at radius 2 is 1.40 bits per heavy atom. The van der Waals surface area contributed by atoms with Crippen LogP contribution in [0.4, 0.5) is 0 Å². The summed E-state index contributed by atoms with van der Waals surface area (Å²) in [5.74, 6) is 0.858. The highest BCUT2D eigenvalue weighted by Gasteiger charge is 2.16. The van der Waals surface area contributed by atoms with Gasteiger partial charge in [-0.05, 0) is 44.5 Å². The minimum absolute atomic E-state index is 0.134. The van der Waals surface area contributed by atoms with E-state index < -0.39 is 12.1 Å². The Bertz CT molecular complexity index is 1080. The van der Waals surface area contributed by atoms with Crippen LogP contribution >= 0.6 is 0 Å². The monoisotopic (exact) mass is 554 g/mol. The van der Waals surface area contributed by atoms with Crippen molar-refractivity contribution in [1.82, 2.24) is 0 Å². The van der Waals surface area contributed by atoms with Gasteiger partial charge in [-0.25, -0.2) is 0 Å². The summed E-state index contributed by atoms with van der Waals surface area (Å²) in [5.41, 5.74) is 1.13. The van der Waals surface area contributed by atoms with E-state index in [9.17, 15) is 14.7 Å². The summed E-state index contributed by atoms with van der Waals surface area (Å²) in [7, 11) is 0. The Morgan fingerprint density at radius 1 is 0.775 bits per heavy atom. The summed E-state index contributed by atoms with van der Waals surface area (Å²) in [6.45, 7) is 8.33. The molecule has 0 radical (unpaired) electrons. The van der Waals surface area contributed by atoms with Crippen molar-refractivity contribution >= 4 is 18.0 Å². The van der Waals surface area contributed by atoms with Crippen molar-refractivity contribution in [1.29, 1.82) is 0 Å². The van der Waals surface area contributed by atoms with Gasteiger partial charge in [0.15, 0.2) is 0 Å². The fourth-order valence-electron chi connectivity index (χ4n) is 4.32. The van der Waals surface area contributed by atoms with Crippen LogP contribution < -0.4 is 18.9 Å². The molecule has 2 aromatic rings. The molecule has 0 amide bonds. The Hall–Kier alpha value is -3.32. The molecule has 7 heteroatoms. The Morgan fingerprint density at radius 3 is 2.05 bits per heavy atom. The third-order valence-electron chi connectivity index (χ3n) is 6.33. The zero-order valence-electron chi connectivity index (χ0n) is 24.6. The molecule has 0 heterocycles. The predicted octanol–water partition coefficient (Wildman–Crippen LogP) is 7.98. The first-order valence-corrected chi connectivity index (χ1v) is 14.7. The van der Waals surface area contributed by atoms with Crippen molar-refractivity contribution < 1.29 is 33.6 Å². The van der Waals surface area contributed by atoms with E-state index in [1.54, 1.807) is 30.4 Å². The van der Waals surface area contributed by atoms with Crippen LogP contribution in [0.25, 0.3) is 6.08 Å². The van der Waals surface area contributed by atoms with Gasteiger partial charge in [-0.2, -0.15) is 0 Å². The SMILES string of the molecule is CCCCCCCCCCCC(=O)Oc1ccc(C(O)C=Cc2ccc(OCC)cc2OCC)c(OC(C)=O)c1. The number of carbonyl (C=O) groups is 2. The number of ether oxygens (including phenoxy) is 4. The topological polar surface area (TPSA) is 91.3 Å². The Labute approximate surface area is 239 Å². The third kappa shape index (κ3) is 12.2. The molecule has 220 valence electrons. The van der Waals surface area contributed by atoms with E-state index in [1.165, 1.54) is 51.5 Å². The normalized spacial score (nSPS) is 11.8. The fraction of sp³-hybridized carbons (Fsp3) is 0.515. The number of unbranched alkanes of at least 4 members (excludes halogenated alkanes) is 8. The molecular weight excluding hydrogens is 508 g/mol. The average Bonchev–Trinajstić information content (AvgIpc) is 2.92. The Balaban J connectivity index is 1.99. The van der Waals surface area contributed by atoms with Gasteiger partial charge >= 0.3 is 11.9 Å². The molecule has 1 unspecified atom stereocenters. The van der Waals surface area contributed by atoms with E-state index in [4.69, 9.17) is 18.9 Å². The standard InChI is InChI=1S/C33H46O7/c1-5-8-9-10-11-12-13-14-15-16-33(36)40-28-20-21-29(32(24-28)39-25(4)34)30(35)22-18-26-17-19-27(37-6-2)23-31(26)38-7-3/h17-24,30,35H,5-16H2,1-4H3. The zero-order chi connectivity index (χ0) is 29.2. The number of carbonyl (C=O) groups excluding carboxylic acids is 2. The maximum absolute atomic E-state index is 12.4. The molecule has 0 aliphatic rings. The van der Waals surface area contributed by atoms with Crippen LogP contribution in [-0.2, 0) is 9.59 Å². The summed E-state index contributed by atoms with van der Waals surface area (Å²) in [4.78, 5) is 24.1. The van der Waals surface area contributed by atoms with Gasteiger partial charge < -0.3 is 24.1 Å². The van der Waals surface area contributed by atoms with Crippen LogP contribution in [-0.4, -0.2) is 30.3 Å². The van der Waals surface area contributed by atoms with Crippen molar-refractivity contribution in [2.24, 2.45) is 0 Å². The van der Waals surface area contributed by atoms with Crippen LogP contribution in [0.5, 0.6) is 23.0 Å². The van der Waals surface area contributed by atoms with Gasteiger partial charge in [0.25, 0.3) is 0 Å².